The number of fused-ring (bicyclic) bond motifs is 3. The van der Waals surface area contributed by atoms with E-state index in [0.29, 0.717) is 19.5 Å². The highest BCUT2D eigenvalue weighted by atomic mass is 19.1. The molecule has 3 aromatic rings. The summed E-state index contributed by atoms with van der Waals surface area (Å²) in [5.74, 6) is -0.538. The van der Waals surface area contributed by atoms with Crippen molar-refractivity contribution in [2.75, 3.05) is 13.1 Å². The predicted molar refractivity (Wildman–Crippen MR) is 92.4 cm³/mol. The van der Waals surface area contributed by atoms with Gasteiger partial charge < -0.3 is 4.57 Å². The van der Waals surface area contributed by atoms with E-state index in [0.717, 1.165) is 40.8 Å². The molecule has 5 heteroatoms. The van der Waals surface area contributed by atoms with Crippen molar-refractivity contribution in [1.29, 1.82) is 5.26 Å². The second-order valence-electron chi connectivity index (χ2n) is 6.33. The molecular weight excluding hydrogens is 320 g/mol. The fraction of sp³-hybridized carbons (Fsp3) is 0.250. The number of aromatic nitrogens is 1. The maximum absolute atomic E-state index is 13.9. The van der Waals surface area contributed by atoms with E-state index < -0.39 is 0 Å². The molecule has 0 unspecified atom stereocenters. The zero-order valence-corrected chi connectivity index (χ0v) is 13.7. The van der Waals surface area contributed by atoms with Gasteiger partial charge in [0.2, 0.25) is 0 Å². The van der Waals surface area contributed by atoms with Gasteiger partial charge in [-0.15, -0.1) is 0 Å². The third kappa shape index (κ3) is 2.79. The van der Waals surface area contributed by atoms with Crippen LogP contribution in [0.5, 0.6) is 0 Å². The maximum Gasteiger partial charge on any atom is 0.123 e. The smallest absolute Gasteiger partial charge is 0.123 e. The van der Waals surface area contributed by atoms with Gasteiger partial charge in [-0.25, -0.2) is 8.78 Å². The molecule has 0 amide bonds. The molecule has 0 saturated carbocycles. The van der Waals surface area contributed by atoms with E-state index in [4.69, 9.17) is 5.26 Å². The molecule has 0 radical (unpaired) electrons. The zero-order valence-electron chi connectivity index (χ0n) is 13.7. The van der Waals surface area contributed by atoms with Crippen molar-refractivity contribution < 1.29 is 8.78 Å². The minimum atomic E-state index is -0.275. The summed E-state index contributed by atoms with van der Waals surface area (Å²) in [5.41, 5.74) is 4.05. The summed E-state index contributed by atoms with van der Waals surface area (Å²) in [6.07, 6.45) is 1.30. The molecule has 0 fully saturated rings. The molecule has 0 spiro atoms. The first-order valence-corrected chi connectivity index (χ1v) is 8.34. The lowest BCUT2D eigenvalue weighted by Gasteiger charge is -2.27. The number of hydrogen-bond acceptors (Lipinski definition) is 2. The standard InChI is InChI=1S/C20H17F2N3/c21-14-2-5-16(6-3-14)25-19-7-4-15(22)12-17(19)18-13-24(10-1-9-23)11-8-20(18)25/h2-7,12H,1,8,10-11,13H2. The van der Waals surface area contributed by atoms with Gasteiger partial charge in [0.1, 0.15) is 11.6 Å². The SMILES string of the molecule is N#CCCN1CCc2c(c3cc(F)ccc3n2-c2ccc(F)cc2)C1. The molecule has 4 rings (SSSR count). The van der Waals surface area contributed by atoms with Crippen LogP contribution in [0.3, 0.4) is 0 Å². The monoisotopic (exact) mass is 337 g/mol. The van der Waals surface area contributed by atoms with E-state index in [1.54, 1.807) is 24.3 Å². The second kappa shape index (κ2) is 6.30. The first-order valence-electron chi connectivity index (χ1n) is 8.34. The zero-order chi connectivity index (χ0) is 17.4. The lowest BCUT2D eigenvalue weighted by atomic mass is 10.0. The Morgan fingerprint density at radius 3 is 2.56 bits per heavy atom. The fourth-order valence-electron chi connectivity index (χ4n) is 3.67. The lowest BCUT2D eigenvalue weighted by molar-refractivity contribution is 0.259. The van der Waals surface area contributed by atoms with E-state index >= 15 is 0 Å². The Labute approximate surface area is 144 Å². The number of nitriles is 1. The van der Waals surface area contributed by atoms with E-state index in [2.05, 4.69) is 15.5 Å². The van der Waals surface area contributed by atoms with E-state index in [9.17, 15) is 8.78 Å². The Morgan fingerprint density at radius 2 is 1.80 bits per heavy atom. The first-order chi connectivity index (χ1) is 12.2. The van der Waals surface area contributed by atoms with Crippen LogP contribution >= 0.6 is 0 Å². The Bertz CT molecular complexity index is 967. The van der Waals surface area contributed by atoms with Gasteiger partial charge in [0.15, 0.2) is 0 Å². The Morgan fingerprint density at radius 1 is 1.04 bits per heavy atom. The molecule has 126 valence electrons. The number of nitrogens with zero attached hydrogens (tertiary/aromatic N) is 3. The van der Waals surface area contributed by atoms with Crippen molar-refractivity contribution in [2.45, 2.75) is 19.4 Å². The summed E-state index contributed by atoms with van der Waals surface area (Å²) in [6.45, 7) is 2.27. The third-order valence-electron chi connectivity index (χ3n) is 4.81. The van der Waals surface area contributed by atoms with Gasteiger partial charge in [-0.2, -0.15) is 5.26 Å². The van der Waals surface area contributed by atoms with Crippen LogP contribution in [0.1, 0.15) is 17.7 Å². The highest BCUT2D eigenvalue weighted by Gasteiger charge is 2.24. The lowest BCUT2D eigenvalue weighted by Crippen LogP contribution is -2.31. The molecule has 25 heavy (non-hydrogen) atoms. The number of hydrogen-bond donors (Lipinski definition) is 0. The van der Waals surface area contributed by atoms with Crippen molar-refractivity contribution >= 4 is 10.9 Å². The van der Waals surface area contributed by atoms with Crippen LogP contribution in [0.2, 0.25) is 0 Å². The third-order valence-corrected chi connectivity index (χ3v) is 4.81. The van der Waals surface area contributed by atoms with Gasteiger partial charge in [0, 0.05) is 49.2 Å². The minimum absolute atomic E-state index is 0.263. The van der Waals surface area contributed by atoms with Crippen LogP contribution in [0.15, 0.2) is 42.5 Å². The van der Waals surface area contributed by atoms with Crippen LogP contribution in [-0.4, -0.2) is 22.6 Å². The summed E-state index contributed by atoms with van der Waals surface area (Å²) >= 11 is 0. The Hall–Kier alpha value is -2.71. The van der Waals surface area contributed by atoms with Crippen LogP contribution in [0, 0.1) is 23.0 Å². The molecule has 1 aromatic heterocycles. The molecule has 0 atom stereocenters. The largest absolute Gasteiger partial charge is 0.313 e. The average Bonchev–Trinajstić information content (AvgIpc) is 2.94. The molecule has 0 aliphatic carbocycles. The number of halogens is 2. The first kappa shape index (κ1) is 15.8. The second-order valence-corrected chi connectivity index (χ2v) is 6.33. The summed E-state index contributed by atoms with van der Waals surface area (Å²) in [6, 6.07) is 13.4. The molecule has 1 aliphatic heterocycles. The quantitative estimate of drug-likeness (QED) is 0.718. The van der Waals surface area contributed by atoms with Crippen molar-refractivity contribution in [3.05, 3.63) is 65.4 Å². The Balaban J connectivity index is 1.87. The summed E-state index contributed by atoms with van der Waals surface area (Å²) in [7, 11) is 0. The normalized spacial score (nSPS) is 14.4. The van der Waals surface area contributed by atoms with E-state index in [1.807, 2.05) is 0 Å². The maximum atomic E-state index is 13.9. The minimum Gasteiger partial charge on any atom is -0.313 e. The number of rotatable bonds is 3. The van der Waals surface area contributed by atoms with E-state index in [1.165, 1.54) is 18.2 Å². The van der Waals surface area contributed by atoms with E-state index in [-0.39, 0.29) is 11.6 Å². The van der Waals surface area contributed by atoms with Crippen LogP contribution in [0.4, 0.5) is 8.78 Å². The predicted octanol–water partition coefficient (Wildman–Crippen LogP) is 4.18. The van der Waals surface area contributed by atoms with Crippen molar-refractivity contribution in [3.8, 4) is 11.8 Å². The van der Waals surface area contributed by atoms with Gasteiger partial charge >= 0.3 is 0 Å². The van der Waals surface area contributed by atoms with Crippen molar-refractivity contribution in [3.63, 3.8) is 0 Å². The van der Waals surface area contributed by atoms with Crippen LogP contribution in [-0.2, 0) is 13.0 Å². The topological polar surface area (TPSA) is 32.0 Å². The molecule has 1 aliphatic rings. The highest BCUT2D eigenvalue weighted by molar-refractivity contribution is 5.87. The van der Waals surface area contributed by atoms with Gasteiger partial charge in [-0.1, -0.05) is 0 Å². The van der Waals surface area contributed by atoms with Crippen LogP contribution < -0.4 is 0 Å². The highest BCUT2D eigenvalue weighted by Crippen LogP contribution is 2.34. The van der Waals surface area contributed by atoms with Gasteiger partial charge in [0.25, 0.3) is 0 Å². The van der Waals surface area contributed by atoms with Crippen molar-refractivity contribution in [2.24, 2.45) is 0 Å². The number of benzene rings is 2. The van der Waals surface area contributed by atoms with Gasteiger partial charge in [0.05, 0.1) is 11.6 Å². The molecule has 2 aromatic carbocycles. The molecule has 2 heterocycles. The van der Waals surface area contributed by atoms with Gasteiger partial charge in [-0.05, 0) is 48.0 Å². The molecule has 3 nitrogen and oxygen atoms in total. The van der Waals surface area contributed by atoms with Gasteiger partial charge in [-0.3, -0.25) is 4.90 Å². The summed E-state index contributed by atoms with van der Waals surface area (Å²) in [5, 5.41) is 9.70. The Kier molecular flexibility index (Phi) is 3.98. The fourth-order valence-corrected chi connectivity index (χ4v) is 3.67. The van der Waals surface area contributed by atoms with Crippen LogP contribution in [0.25, 0.3) is 16.6 Å². The van der Waals surface area contributed by atoms with Crippen molar-refractivity contribution in [1.82, 2.24) is 9.47 Å². The summed E-state index contributed by atoms with van der Waals surface area (Å²) < 4.78 is 29.3. The molecule has 0 saturated heterocycles. The molecule has 0 bridgehead atoms. The average molecular weight is 337 g/mol. The molecular formula is C20H17F2N3. The summed E-state index contributed by atoms with van der Waals surface area (Å²) in [4.78, 5) is 2.23. The molecule has 0 N–H and O–H groups in total.